The minimum Gasteiger partial charge on any atom is -0.457 e. The van der Waals surface area contributed by atoms with Gasteiger partial charge in [0, 0.05) is 6.54 Å². The molecule has 4 heteroatoms. The Bertz CT molecular complexity index is 993. The molecule has 32 heavy (non-hydrogen) atoms. The number of hydrogen-bond acceptors (Lipinski definition) is 3. The summed E-state index contributed by atoms with van der Waals surface area (Å²) < 4.78 is 6.06. The molecule has 0 radical (unpaired) electrons. The number of benzene rings is 3. The summed E-state index contributed by atoms with van der Waals surface area (Å²) in [6, 6.07) is 28.6. The first-order valence-electron chi connectivity index (χ1n) is 11.6. The van der Waals surface area contributed by atoms with Crippen LogP contribution in [0, 0.1) is 0 Å². The van der Waals surface area contributed by atoms with E-state index in [-0.39, 0.29) is 16.5 Å². The Balaban J connectivity index is 1.49. The Morgan fingerprint density at radius 3 is 2.34 bits per heavy atom. The van der Waals surface area contributed by atoms with Crippen molar-refractivity contribution in [2.75, 3.05) is 6.54 Å². The van der Waals surface area contributed by atoms with E-state index in [9.17, 15) is 4.79 Å². The number of rotatable bonds is 10. The van der Waals surface area contributed by atoms with Crippen molar-refractivity contribution >= 4 is 17.7 Å². The summed E-state index contributed by atoms with van der Waals surface area (Å²) in [4.78, 5) is 15.4. The van der Waals surface area contributed by atoms with Crippen LogP contribution in [-0.2, 0) is 11.2 Å². The average Bonchev–Trinajstić information content (AvgIpc) is 3.14. The van der Waals surface area contributed by atoms with Gasteiger partial charge in [0.25, 0.3) is 0 Å². The fraction of sp³-hybridized carbons (Fsp3) is 0.321. The van der Waals surface area contributed by atoms with E-state index in [1.54, 1.807) is 11.8 Å². The Labute approximate surface area is 195 Å². The number of para-hydroxylation sites is 1. The topological polar surface area (TPSA) is 29.5 Å². The van der Waals surface area contributed by atoms with Gasteiger partial charge in [-0.15, -0.1) is 11.8 Å². The molecular weight excluding hydrogens is 414 g/mol. The lowest BCUT2D eigenvalue weighted by Gasteiger charge is -2.24. The molecule has 3 nitrogen and oxygen atoms in total. The van der Waals surface area contributed by atoms with E-state index < -0.39 is 0 Å². The summed E-state index contributed by atoms with van der Waals surface area (Å²) >= 11 is 1.80. The van der Waals surface area contributed by atoms with Gasteiger partial charge in [-0.1, -0.05) is 80.4 Å². The fourth-order valence-corrected chi connectivity index (χ4v) is 5.63. The molecule has 1 aliphatic rings. The van der Waals surface area contributed by atoms with Crippen molar-refractivity contribution < 1.29 is 9.53 Å². The van der Waals surface area contributed by atoms with Gasteiger partial charge in [-0.05, 0) is 54.7 Å². The van der Waals surface area contributed by atoms with Crippen LogP contribution in [0.2, 0.25) is 0 Å². The second-order valence-electron chi connectivity index (χ2n) is 8.23. The molecule has 2 atom stereocenters. The van der Waals surface area contributed by atoms with Crippen molar-refractivity contribution in [3.63, 3.8) is 0 Å². The molecule has 1 fully saturated rings. The third kappa shape index (κ3) is 5.74. The number of hydrogen-bond donors (Lipinski definition) is 0. The van der Waals surface area contributed by atoms with Gasteiger partial charge in [0.1, 0.15) is 16.9 Å². The number of nitrogens with zero attached hydrogens (tertiary/aromatic N) is 1. The van der Waals surface area contributed by atoms with Crippen LogP contribution in [0.4, 0.5) is 0 Å². The molecule has 4 rings (SSSR count). The molecule has 0 bridgehead atoms. The van der Waals surface area contributed by atoms with Gasteiger partial charge >= 0.3 is 0 Å². The van der Waals surface area contributed by atoms with E-state index in [0.29, 0.717) is 0 Å². The van der Waals surface area contributed by atoms with Crippen LogP contribution in [-0.4, -0.2) is 22.6 Å². The largest absolute Gasteiger partial charge is 0.457 e. The summed E-state index contributed by atoms with van der Waals surface area (Å²) in [6.45, 7) is 2.96. The van der Waals surface area contributed by atoms with Crippen molar-refractivity contribution in [2.24, 2.45) is 0 Å². The predicted molar refractivity (Wildman–Crippen MR) is 133 cm³/mol. The lowest BCUT2D eigenvalue weighted by atomic mass is 10.1. The molecule has 0 aromatic heterocycles. The number of aryl methyl sites for hydroxylation is 1. The van der Waals surface area contributed by atoms with E-state index in [0.717, 1.165) is 55.7 Å². The number of unbranched alkanes of at least 4 members (excludes halogenated alkanes) is 1. The molecule has 1 aliphatic heterocycles. The van der Waals surface area contributed by atoms with Crippen molar-refractivity contribution in [2.45, 2.75) is 49.7 Å². The number of amides is 1. The van der Waals surface area contributed by atoms with Gasteiger partial charge in [0.2, 0.25) is 5.91 Å². The molecule has 3 aromatic rings. The van der Waals surface area contributed by atoms with Crippen molar-refractivity contribution in [1.82, 2.24) is 4.90 Å². The highest BCUT2D eigenvalue weighted by atomic mass is 32.2. The van der Waals surface area contributed by atoms with Crippen molar-refractivity contribution in [1.29, 1.82) is 0 Å². The van der Waals surface area contributed by atoms with Crippen LogP contribution >= 0.6 is 11.8 Å². The molecule has 0 spiro atoms. The maximum absolute atomic E-state index is 13.3. The lowest BCUT2D eigenvalue weighted by molar-refractivity contribution is -0.130. The van der Waals surface area contributed by atoms with E-state index in [4.69, 9.17) is 4.74 Å². The zero-order valence-electron chi connectivity index (χ0n) is 18.7. The van der Waals surface area contributed by atoms with Crippen molar-refractivity contribution in [3.05, 3.63) is 96.1 Å². The van der Waals surface area contributed by atoms with Crippen LogP contribution < -0.4 is 4.74 Å². The van der Waals surface area contributed by atoms with Gasteiger partial charge < -0.3 is 9.64 Å². The maximum atomic E-state index is 13.3. The smallest absolute Gasteiger partial charge is 0.236 e. The molecule has 1 amide bonds. The zero-order valence-corrected chi connectivity index (χ0v) is 19.5. The Morgan fingerprint density at radius 1 is 0.875 bits per heavy atom. The molecule has 0 saturated carbocycles. The summed E-state index contributed by atoms with van der Waals surface area (Å²) in [5.74, 6) is 1.92. The highest BCUT2D eigenvalue weighted by Crippen LogP contribution is 2.45. The minimum atomic E-state index is 0.0412. The molecule has 3 aromatic carbocycles. The number of thioether (sulfide) groups is 1. The SMILES string of the molecule is CCCCC1SC(c2cccc(Oc3ccccc3)c2)N(CCCc2ccccc2)C1=O. The third-order valence-electron chi connectivity index (χ3n) is 5.78. The van der Waals surface area contributed by atoms with E-state index in [1.165, 1.54) is 5.56 Å². The summed E-state index contributed by atoms with van der Waals surface area (Å²) in [7, 11) is 0. The second-order valence-corrected chi connectivity index (χ2v) is 9.52. The number of carbonyl (C=O) groups excluding carboxylic acids is 1. The number of carbonyl (C=O) groups is 1. The summed E-state index contributed by atoms with van der Waals surface area (Å²) in [5.41, 5.74) is 2.46. The first-order chi connectivity index (χ1) is 15.7. The van der Waals surface area contributed by atoms with Gasteiger partial charge in [-0.3, -0.25) is 4.79 Å². The Hall–Kier alpha value is -2.72. The first kappa shape index (κ1) is 22.5. The van der Waals surface area contributed by atoms with Gasteiger partial charge in [-0.25, -0.2) is 0 Å². The van der Waals surface area contributed by atoms with Crippen LogP contribution in [0.15, 0.2) is 84.9 Å². The molecule has 166 valence electrons. The van der Waals surface area contributed by atoms with Gasteiger partial charge in [0.15, 0.2) is 0 Å². The summed E-state index contributed by atoms with van der Waals surface area (Å²) in [6.07, 6.45) is 5.10. The second kappa shape index (κ2) is 11.2. The van der Waals surface area contributed by atoms with Crippen LogP contribution in [0.5, 0.6) is 11.5 Å². The quantitative estimate of drug-likeness (QED) is 0.329. The Morgan fingerprint density at radius 2 is 1.59 bits per heavy atom. The molecular formula is C28H31NO2S. The van der Waals surface area contributed by atoms with Gasteiger partial charge in [-0.2, -0.15) is 0 Å². The molecule has 2 unspecified atom stereocenters. The highest BCUT2D eigenvalue weighted by molar-refractivity contribution is 8.01. The number of ether oxygens (including phenoxy) is 1. The van der Waals surface area contributed by atoms with Crippen LogP contribution in [0.3, 0.4) is 0 Å². The highest BCUT2D eigenvalue weighted by Gasteiger charge is 2.40. The van der Waals surface area contributed by atoms with E-state index >= 15 is 0 Å². The van der Waals surface area contributed by atoms with E-state index in [1.807, 2.05) is 48.5 Å². The average molecular weight is 446 g/mol. The maximum Gasteiger partial charge on any atom is 0.236 e. The first-order valence-corrected chi connectivity index (χ1v) is 12.5. The zero-order chi connectivity index (χ0) is 22.2. The van der Waals surface area contributed by atoms with Crippen LogP contribution in [0.25, 0.3) is 0 Å². The monoisotopic (exact) mass is 445 g/mol. The fourth-order valence-electron chi connectivity index (χ4n) is 4.11. The molecule has 0 aliphatic carbocycles. The van der Waals surface area contributed by atoms with Crippen molar-refractivity contribution in [3.8, 4) is 11.5 Å². The lowest BCUT2D eigenvalue weighted by Crippen LogP contribution is -2.32. The molecule has 1 saturated heterocycles. The van der Waals surface area contributed by atoms with Gasteiger partial charge in [0.05, 0.1) is 5.25 Å². The summed E-state index contributed by atoms with van der Waals surface area (Å²) in [5, 5.41) is 0.0924. The standard InChI is InChI=1S/C28H31NO2S/c1-2-3-19-26-27(30)29(20-11-14-22-12-6-4-7-13-22)28(32-26)23-15-10-18-25(21-23)31-24-16-8-5-9-17-24/h4-10,12-13,15-18,21,26,28H,2-3,11,14,19-20H2,1H3. The Kier molecular flexibility index (Phi) is 7.89. The molecule has 0 N–H and O–H groups in total. The van der Waals surface area contributed by atoms with Crippen LogP contribution in [0.1, 0.15) is 49.1 Å². The van der Waals surface area contributed by atoms with E-state index in [2.05, 4.69) is 48.2 Å². The predicted octanol–water partition coefficient (Wildman–Crippen LogP) is 7.24. The third-order valence-corrected chi connectivity index (χ3v) is 7.33. The normalized spacial score (nSPS) is 18.2. The minimum absolute atomic E-state index is 0.0412. The molecule has 1 heterocycles.